The molecule has 140 valence electrons. The second-order valence-corrected chi connectivity index (χ2v) is 8.94. The van der Waals surface area contributed by atoms with Gasteiger partial charge >= 0.3 is 0 Å². The minimum atomic E-state index is 0.140. The predicted octanol–water partition coefficient (Wildman–Crippen LogP) is 5.27. The summed E-state index contributed by atoms with van der Waals surface area (Å²) >= 11 is 1.86. The van der Waals surface area contributed by atoms with Gasteiger partial charge in [0, 0.05) is 24.5 Å². The van der Waals surface area contributed by atoms with Crippen LogP contribution in [0.1, 0.15) is 49.4 Å². The molecule has 0 saturated carbocycles. The number of hydrogen-bond donors (Lipinski definition) is 1. The van der Waals surface area contributed by atoms with E-state index in [2.05, 4.69) is 81.5 Å². The third kappa shape index (κ3) is 7.25. The molecule has 2 rings (SSSR count). The van der Waals surface area contributed by atoms with Crippen LogP contribution in [0.15, 0.2) is 48.5 Å². The van der Waals surface area contributed by atoms with E-state index in [-0.39, 0.29) is 11.3 Å². The molecule has 1 amide bonds. The van der Waals surface area contributed by atoms with Crippen LogP contribution in [-0.2, 0) is 22.4 Å². The summed E-state index contributed by atoms with van der Waals surface area (Å²) in [5.41, 5.74) is 5.37. The fourth-order valence-electron chi connectivity index (χ4n) is 2.77. The Morgan fingerprint density at radius 3 is 2.42 bits per heavy atom. The Balaban J connectivity index is 1.61. The molecule has 0 aliphatic heterocycles. The Labute approximate surface area is 162 Å². The Morgan fingerprint density at radius 1 is 1.04 bits per heavy atom. The molecule has 0 spiro atoms. The van der Waals surface area contributed by atoms with Gasteiger partial charge in [0.05, 0.1) is 0 Å². The number of thioether (sulfide) groups is 1. The molecule has 0 aliphatic carbocycles. The van der Waals surface area contributed by atoms with Crippen molar-refractivity contribution in [1.29, 1.82) is 0 Å². The molecule has 0 saturated heterocycles. The number of carbonyl (C=O) groups excluding carboxylic acids is 1. The van der Waals surface area contributed by atoms with Crippen LogP contribution in [0.5, 0.6) is 0 Å². The van der Waals surface area contributed by atoms with E-state index in [1.54, 1.807) is 0 Å². The summed E-state index contributed by atoms with van der Waals surface area (Å²) in [6, 6.07) is 17.2. The molecule has 3 heteroatoms. The van der Waals surface area contributed by atoms with E-state index in [9.17, 15) is 4.79 Å². The van der Waals surface area contributed by atoms with Crippen LogP contribution in [0.4, 0.5) is 0 Å². The van der Waals surface area contributed by atoms with Gasteiger partial charge in [-0.1, -0.05) is 74.9 Å². The highest BCUT2D eigenvalue weighted by Crippen LogP contribution is 2.22. The summed E-state index contributed by atoms with van der Waals surface area (Å²) in [6.07, 6.45) is 1.35. The molecule has 0 atom stereocenters. The van der Waals surface area contributed by atoms with Crippen molar-refractivity contribution in [2.75, 3.05) is 12.3 Å². The van der Waals surface area contributed by atoms with Gasteiger partial charge in [-0.15, -0.1) is 0 Å². The fraction of sp³-hybridized carbons (Fsp3) is 0.435. The normalized spacial score (nSPS) is 11.4. The van der Waals surface area contributed by atoms with Crippen LogP contribution in [-0.4, -0.2) is 18.2 Å². The smallest absolute Gasteiger partial charge is 0.220 e. The van der Waals surface area contributed by atoms with Crippen molar-refractivity contribution in [3.05, 3.63) is 70.8 Å². The van der Waals surface area contributed by atoms with E-state index >= 15 is 0 Å². The zero-order valence-electron chi connectivity index (χ0n) is 16.5. The van der Waals surface area contributed by atoms with Gasteiger partial charge in [0.25, 0.3) is 0 Å². The van der Waals surface area contributed by atoms with E-state index in [0.29, 0.717) is 6.42 Å². The van der Waals surface area contributed by atoms with Crippen molar-refractivity contribution >= 4 is 17.7 Å². The Bertz CT molecular complexity index is 701. The maximum atomic E-state index is 12.0. The second-order valence-electron chi connectivity index (χ2n) is 7.84. The molecule has 2 aromatic carbocycles. The summed E-state index contributed by atoms with van der Waals surface area (Å²) in [5, 5.41) is 3.03. The Morgan fingerprint density at radius 2 is 1.77 bits per heavy atom. The number of carbonyl (C=O) groups is 1. The average molecular weight is 370 g/mol. The number of hydrogen-bond acceptors (Lipinski definition) is 2. The van der Waals surface area contributed by atoms with Gasteiger partial charge < -0.3 is 5.32 Å². The van der Waals surface area contributed by atoms with Crippen molar-refractivity contribution < 1.29 is 4.79 Å². The molecule has 0 radical (unpaired) electrons. The highest BCUT2D eigenvalue weighted by atomic mass is 32.2. The number of benzene rings is 2. The third-order valence-corrected chi connectivity index (χ3v) is 5.41. The van der Waals surface area contributed by atoms with E-state index < -0.39 is 0 Å². The number of rotatable bonds is 8. The largest absolute Gasteiger partial charge is 0.355 e. The summed E-state index contributed by atoms with van der Waals surface area (Å²) < 4.78 is 0. The number of amides is 1. The van der Waals surface area contributed by atoms with Gasteiger partial charge in [0.2, 0.25) is 5.91 Å². The van der Waals surface area contributed by atoms with Gasteiger partial charge in [0.15, 0.2) is 0 Å². The highest BCUT2D eigenvalue weighted by molar-refractivity contribution is 7.98. The molecule has 2 aromatic rings. The maximum absolute atomic E-state index is 12.0. The van der Waals surface area contributed by atoms with Crippen LogP contribution >= 0.6 is 11.8 Å². The monoisotopic (exact) mass is 369 g/mol. The molecule has 0 unspecified atom stereocenters. The molecular weight excluding hydrogens is 338 g/mol. The molecule has 1 N–H and O–H groups in total. The van der Waals surface area contributed by atoms with Crippen molar-refractivity contribution in [3.8, 4) is 0 Å². The first-order valence-corrected chi connectivity index (χ1v) is 10.5. The van der Waals surface area contributed by atoms with E-state index in [1.165, 1.54) is 22.3 Å². The zero-order valence-corrected chi connectivity index (χ0v) is 17.3. The van der Waals surface area contributed by atoms with Crippen molar-refractivity contribution in [1.82, 2.24) is 5.32 Å². The quantitative estimate of drug-likeness (QED) is 0.642. The first-order valence-electron chi connectivity index (χ1n) is 9.34. The van der Waals surface area contributed by atoms with Crippen molar-refractivity contribution in [2.45, 2.75) is 51.7 Å². The minimum Gasteiger partial charge on any atom is -0.355 e. The van der Waals surface area contributed by atoms with Gasteiger partial charge in [0.1, 0.15) is 0 Å². The van der Waals surface area contributed by atoms with Gasteiger partial charge in [-0.3, -0.25) is 4.79 Å². The van der Waals surface area contributed by atoms with E-state index in [1.807, 2.05) is 11.8 Å². The first-order chi connectivity index (χ1) is 12.3. The van der Waals surface area contributed by atoms with E-state index in [4.69, 9.17) is 0 Å². The number of aryl methyl sites for hydroxylation is 2. The summed E-state index contributed by atoms with van der Waals surface area (Å²) in [7, 11) is 0. The first kappa shape index (κ1) is 20.6. The van der Waals surface area contributed by atoms with Crippen molar-refractivity contribution in [2.24, 2.45) is 0 Å². The molecule has 0 aromatic heterocycles. The molecule has 0 aliphatic rings. The van der Waals surface area contributed by atoms with Crippen molar-refractivity contribution in [3.63, 3.8) is 0 Å². The topological polar surface area (TPSA) is 29.1 Å². The third-order valence-electron chi connectivity index (χ3n) is 4.38. The summed E-state index contributed by atoms with van der Waals surface area (Å²) in [4.78, 5) is 12.0. The average Bonchev–Trinajstić information content (AvgIpc) is 2.59. The van der Waals surface area contributed by atoms with Crippen LogP contribution in [0.3, 0.4) is 0 Å². The SMILES string of the molecule is Cc1cccc(CSCCNC(=O)CCc2ccc(C(C)(C)C)cc2)c1. The van der Waals surface area contributed by atoms with Crippen LogP contribution < -0.4 is 5.32 Å². The lowest BCUT2D eigenvalue weighted by molar-refractivity contribution is -0.120. The minimum absolute atomic E-state index is 0.140. The van der Waals surface area contributed by atoms with E-state index in [0.717, 1.165) is 24.5 Å². The second kappa shape index (κ2) is 9.82. The summed E-state index contributed by atoms with van der Waals surface area (Å²) in [5.74, 6) is 2.08. The lowest BCUT2D eigenvalue weighted by Gasteiger charge is -2.19. The standard InChI is InChI=1S/C23H31NOS/c1-18-6-5-7-20(16-18)17-26-15-14-24-22(25)13-10-19-8-11-21(12-9-19)23(2,3)4/h5-9,11-12,16H,10,13-15,17H2,1-4H3,(H,24,25). The van der Waals surface area contributed by atoms with Gasteiger partial charge in [-0.25, -0.2) is 0 Å². The molecule has 26 heavy (non-hydrogen) atoms. The maximum Gasteiger partial charge on any atom is 0.220 e. The lowest BCUT2D eigenvalue weighted by Crippen LogP contribution is -2.25. The molecule has 0 fully saturated rings. The molecule has 0 bridgehead atoms. The van der Waals surface area contributed by atoms with Gasteiger partial charge in [-0.05, 0) is 35.4 Å². The molecule has 0 heterocycles. The van der Waals surface area contributed by atoms with Crippen LogP contribution in [0.25, 0.3) is 0 Å². The fourth-order valence-corrected chi connectivity index (χ4v) is 3.58. The lowest BCUT2D eigenvalue weighted by atomic mass is 9.86. The Kier molecular flexibility index (Phi) is 7.77. The predicted molar refractivity (Wildman–Crippen MR) is 114 cm³/mol. The van der Waals surface area contributed by atoms with Crippen LogP contribution in [0, 0.1) is 6.92 Å². The molecule has 2 nitrogen and oxygen atoms in total. The van der Waals surface area contributed by atoms with Crippen LogP contribution in [0.2, 0.25) is 0 Å². The number of nitrogens with one attached hydrogen (secondary N) is 1. The van der Waals surface area contributed by atoms with Gasteiger partial charge in [-0.2, -0.15) is 11.8 Å². The summed E-state index contributed by atoms with van der Waals surface area (Å²) in [6.45, 7) is 9.49. The zero-order chi connectivity index (χ0) is 19.0. The highest BCUT2D eigenvalue weighted by Gasteiger charge is 2.12. The Hall–Kier alpha value is -1.74. The molecular formula is C23H31NOS.